The second kappa shape index (κ2) is 6.23. The molecule has 3 rings (SSSR count). The first-order valence-electron chi connectivity index (χ1n) is 7.61. The highest BCUT2D eigenvalue weighted by molar-refractivity contribution is 5.36. The van der Waals surface area contributed by atoms with Crippen LogP contribution in [-0.2, 0) is 13.0 Å². The minimum atomic E-state index is 0.400. The van der Waals surface area contributed by atoms with Gasteiger partial charge in [-0.05, 0) is 49.9 Å². The molecule has 0 aromatic carbocycles. The fourth-order valence-corrected chi connectivity index (χ4v) is 3.10. The number of nitrogens with zero attached hydrogens (tertiary/aromatic N) is 1. The van der Waals surface area contributed by atoms with Crippen LogP contribution >= 0.6 is 0 Å². The summed E-state index contributed by atoms with van der Waals surface area (Å²) in [4.78, 5) is 4.63. The molecule has 1 aliphatic carbocycles. The summed E-state index contributed by atoms with van der Waals surface area (Å²) in [6.45, 7) is 4.02. The van der Waals surface area contributed by atoms with E-state index < -0.39 is 0 Å². The second-order valence-corrected chi connectivity index (χ2v) is 5.47. The largest absolute Gasteiger partial charge is 0.468 e. The van der Waals surface area contributed by atoms with E-state index in [0.717, 1.165) is 31.7 Å². The Bertz CT molecular complexity index is 562. The Morgan fingerprint density at radius 1 is 1.40 bits per heavy atom. The lowest BCUT2D eigenvalue weighted by atomic mass is 9.82. The van der Waals surface area contributed by atoms with Gasteiger partial charge in [0.25, 0.3) is 0 Å². The van der Waals surface area contributed by atoms with E-state index in [1.807, 2.05) is 18.5 Å². The fourth-order valence-electron chi connectivity index (χ4n) is 3.10. The highest BCUT2D eigenvalue weighted by Crippen LogP contribution is 2.37. The van der Waals surface area contributed by atoms with Gasteiger partial charge in [0, 0.05) is 17.7 Å². The van der Waals surface area contributed by atoms with E-state index in [1.165, 1.54) is 29.7 Å². The molecule has 0 spiro atoms. The number of pyridine rings is 1. The van der Waals surface area contributed by atoms with Crippen molar-refractivity contribution in [3.05, 3.63) is 53.2 Å². The molecule has 20 heavy (non-hydrogen) atoms. The van der Waals surface area contributed by atoms with Gasteiger partial charge in [0.1, 0.15) is 5.76 Å². The quantitative estimate of drug-likeness (QED) is 0.843. The van der Waals surface area contributed by atoms with Crippen molar-refractivity contribution in [2.75, 3.05) is 6.54 Å². The zero-order chi connectivity index (χ0) is 13.8. The molecule has 3 heteroatoms. The summed E-state index contributed by atoms with van der Waals surface area (Å²) >= 11 is 0. The molecule has 1 N–H and O–H groups in total. The molecule has 0 aliphatic heterocycles. The van der Waals surface area contributed by atoms with Gasteiger partial charge in [-0.2, -0.15) is 0 Å². The number of aryl methyl sites for hydroxylation is 1. The van der Waals surface area contributed by atoms with Crippen LogP contribution in [-0.4, -0.2) is 11.5 Å². The summed E-state index contributed by atoms with van der Waals surface area (Å²) in [6, 6.07) is 6.38. The van der Waals surface area contributed by atoms with E-state index in [2.05, 4.69) is 29.4 Å². The van der Waals surface area contributed by atoms with Gasteiger partial charge < -0.3 is 9.73 Å². The monoisotopic (exact) mass is 270 g/mol. The van der Waals surface area contributed by atoms with Crippen LogP contribution in [0, 0.1) is 0 Å². The summed E-state index contributed by atoms with van der Waals surface area (Å²) in [7, 11) is 0. The Kier molecular flexibility index (Phi) is 4.16. The lowest BCUT2D eigenvalue weighted by Gasteiger charge is -2.24. The van der Waals surface area contributed by atoms with E-state index >= 15 is 0 Å². The van der Waals surface area contributed by atoms with E-state index in [-0.39, 0.29) is 0 Å². The lowest BCUT2D eigenvalue weighted by molar-refractivity contribution is 0.471. The Morgan fingerprint density at radius 3 is 3.25 bits per heavy atom. The van der Waals surface area contributed by atoms with Crippen molar-refractivity contribution in [3.63, 3.8) is 0 Å². The van der Waals surface area contributed by atoms with E-state index in [1.54, 1.807) is 0 Å². The number of furan rings is 1. The maximum Gasteiger partial charge on any atom is 0.121 e. The standard InChI is InChI=1S/C17H22N2O/c1-2-9-18-12-16-14(8-11-20-16)15-7-3-5-13-6-4-10-19-17(13)15/h4,6,8,10-11,15,18H,2-3,5,7,9,12H2,1H3. The molecule has 1 unspecified atom stereocenters. The maximum atomic E-state index is 5.69. The van der Waals surface area contributed by atoms with Crippen LogP contribution in [0.1, 0.15) is 54.7 Å². The fraction of sp³-hybridized carbons (Fsp3) is 0.471. The maximum absolute atomic E-state index is 5.69. The van der Waals surface area contributed by atoms with E-state index in [9.17, 15) is 0 Å². The number of hydrogen-bond acceptors (Lipinski definition) is 3. The zero-order valence-electron chi connectivity index (χ0n) is 12.1. The summed E-state index contributed by atoms with van der Waals surface area (Å²) < 4.78 is 5.69. The Labute approximate surface area is 120 Å². The second-order valence-electron chi connectivity index (χ2n) is 5.47. The molecule has 0 bridgehead atoms. The normalized spacial score (nSPS) is 17.9. The molecule has 2 heterocycles. The van der Waals surface area contributed by atoms with Crippen LogP contribution in [0.5, 0.6) is 0 Å². The third-order valence-electron chi connectivity index (χ3n) is 4.06. The van der Waals surface area contributed by atoms with Crippen LogP contribution in [0.15, 0.2) is 35.1 Å². The van der Waals surface area contributed by atoms with Crippen molar-refractivity contribution in [2.45, 2.75) is 45.1 Å². The lowest BCUT2D eigenvalue weighted by Crippen LogP contribution is -2.17. The van der Waals surface area contributed by atoms with Gasteiger partial charge in [-0.1, -0.05) is 13.0 Å². The van der Waals surface area contributed by atoms with Crippen molar-refractivity contribution < 1.29 is 4.42 Å². The molecular weight excluding hydrogens is 248 g/mol. The average molecular weight is 270 g/mol. The Hall–Kier alpha value is -1.61. The van der Waals surface area contributed by atoms with Crippen LogP contribution in [0.25, 0.3) is 0 Å². The SMILES string of the molecule is CCCNCc1occc1C1CCCc2cccnc21. The molecular formula is C17H22N2O. The Balaban J connectivity index is 1.85. The van der Waals surface area contributed by atoms with Gasteiger partial charge in [-0.3, -0.25) is 4.98 Å². The van der Waals surface area contributed by atoms with Crippen LogP contribution in [0.2, 0.25) is 0 Å². The first-order chi connectivity index (χ1) is 9.90. The molecule has 0 saturated carbocycles. The smallest absolute Gasteiger partial charge is 0.121 e. The van der Waals surface area contributed by atoms with Gasteiger partial charge in [0.2, 0.25) is 0 Å². The highest BCUT2D eigenvalue weighted by Gasteiger charge is 2.26. The highest BCUT2D eigenvalue weighted by atomic mass is 16.3. The van der Waals surface area contributed by atoms with Crippen molar-refractivity contribution >= 4 is 0 Å². The molecule has 2 aromatic heterocycles. The average Bonchev–Trinajstić information content (AvgIpc) is 2.95. The van der Waals surface area contributed by atoms with Gasteiger partial charge >= 0.3 is 0 Å². The van der Waals surface area contributed by atoms with Gasteiger partial charge in [0.15, 0.2) is 0 Å². The number of rotatable bonds is 5. The van der Waals surface area contributed by atoms with E-state index in [4.69, 9.17) is 4.42 Å². The Morgan fingerprint density at radius 2 is 2.35 bits per heavy atom. The third kappa shape index (κ3) is 2.63. The molecule has 3 nitrogen and oxygen atoms in total. The molecule has 0 fully saturated rings. The van der Waals surface area contributed by atoms with Crippen molar-refractivity contribution in [2.24, 2.45) is 0 Å². The van der Waals surface area contributed by atoms with Gasteiger partial charge in [-0.15, -0.1) is 0 Å². The first-order valence-corrected chi connectivity index (χ1v) is 7.61. The van der Waals surface area contributed by atoms with Crippen molar-refractivity contribution in [3.8, 4) is 0 Å². The van der Waals surface area contributed by atoms with Gasteiger partial charge in [0.05, 0.1) is 18.5 Å². The molecule has 0 radical (unpaired) electrons. The zero-order valence-corrected chi connectivity index (χ0v) is 12.1. The first kappa shape index (κ1) is 13.4. The number of aromatic nitrogens is 1. The van der Waals surface area contributed by atoms with Crippen LogP contribution < -0.4 is 5.32 Å². The number of hydrogen-bond donors (Lipinski definition) is 1. The number of nitrogens with one attached hydrogen (secondary N) is 1. The minimum Gasteiger partial charge on any atom is -0.468 e. The third-order valence-corrected chi connectivity index (χ3v) is 4.06. The summed E-state index contributed by atoms with van der Waals surface area (Å²) in [5.41, 5.74) is 3.96. The summed E-state index contributed by atoms with van der Waals surface area (Å²) in [5.74, 6) is 1.47. The van der Waals surface area contributed by atoms with E-state index in [0.29, 0.717) is 5.92 Å². The topological polar surface area (TPSA) is 38.1 Å². The molecule has 106 valence electrons. The van der Waals surface area contributed by atoms with Crippen molar-refractivity contribution in [1.29, 1.82) is 0 Å². The molecule has 0 amide bonds. The summed E-state index contributed by atoms with van der Waals surface area (Å²) in [5, 5.41) is 3.43. The molecule has 0 saturated heterocycles. The van der Waals surface area contributed by atoms with Crippen LogP contribution in [0.4, 0.5) is 0 Å². The molecule has 2 aromatic rings. The molecule has 1 aliphatic rings. The predicted molar refractivity (Wildman–Crippen MR) is 79.7 cm³/mol. The number of fused-ring (bicyclic) bond motifs is 1. The predicted octanol–water partition coefficient (Wildman–Crippen LogP) is 3.64. The van der Waals surface area contributed by atoms with Gasteiger partial charge in [-0.25, -0.2) is 0 Å². The summed E-state index contributed by atoms with van der Waals surface area (Å²) in [6.07, 6.45) is 8.42. The van der Waals surface area contributed by atoms with Crippen LogP contribution in [0.3, 0.4) is 0 Å². The minimum absolute atomic E-state index is 0.400. The molecule has 1 atom stereocenters. The van der Waals surface area contributed by atoms with Crippen molar-refractivity contribution in [1.82, 2.24) is 10.3 Å².